The summed E-state index contributed by atoms with van der Waals surface area (Å²) in [6.45, 7) is 4.04. The molecule has 29 heavy (non-hydrogen) atoms. The van der Waals surface area contributed by atoms with Crippen LogP contribution in [-0.2, 0) is 14.3 Å². The van der Waals surface area contributed by atoms with Crippen molar-refractivity contribution in [3.63, 3.8) is 0 Å². The predicted octanol–water partition coefficient (Wildman–Crippen LogP) is 2.46. The quantitative estimate of drug-likeness (QED) is 0.188. The Hall–Kier alpha value is -3.08. The van der Waals surface area contributed by atoms with E-state index in [2.05, 4.69) is 0 Å². The second-order valence-corrected chi connectivity index (χ2v) is 8.17. The number of likely N-dealkylation sites (N-methyl/N-ethyl adjacent to an activating group) is 1. The van der Waals surface area contributed by atoms with E-state index in [-0.39, 0.29) is 25.2 Å². The highest BCUT2D eigenvalue weighted by atomic mass is 16.6. The lowest BCUT2D eigenvalue weighted by Gasteiger charge is -2.24. The minimum absolute atomic E-state index is 0.000345. The highest BCUT2D eigenvalue weighted by Gasteiger charge is 2.32. The van der Waals surface area contributed by atoms with Crippen LogP contribution in [0.5, 0.6) is 5.75 Å². The van der Waals surface area contributed by atoms with E-state index >= 15 is 0 Å². The standard InChI is InChI=1S/C18H26N3O8/c1-18(2,9-8-16(22)28-11-10-21(3,4)5)17(23)29-13-6-7-14(19(24)25)15(12-13)20(26)27/h6-7,12H,8-11H2,1-5H3/q+1. The van der Waals surface area contributed by atoms with Crippen molar-refractivity contribution in [2.75, 3.05) is 34.3 Å². The summed E-state index contributed by atoms with van der Waals surface area (Å²) < 4.78 is 10.9. The summed E-state index contributed by atoms with van der Waals surface area (Å²) in [5, 5.41) is 21.8. The molecular formula is C18H26N3O8+. The van der Waals surface area contributed by atoms with Crippen molar-refractivity contribution in [3.05, 3.63) is 38.4 Å². The normalized spacial score (nSPS) is 11.6. The number of esters is 2. The lowest BCUT2D eigenvalue weighted by atomic mass is 9.88. The summed E-state index contributed by atoms with van der Waals surface area (Å²) in [6, 6.07) is 2.84. The van der Waals surface area contributed by atoms with Crippen LogP contribution in [0, 0.1) is 25.6 Å². The SMILES string of the molecule is CC(C)(CCC(=O)OCC[N+](C)(C)C)C(=O)Oc1ccc([N+](=O)[O-])c([N+](=O)[O-])c1. The zero-order valence-electron chi connectivity index (χ0n) is 17.2. The van der Waals surface area contributed by atoms with E-state index in [9.17, 15) is 29.8 Å². The molecule has 0 saturated carbocycles. The van der Waals surface area contributed by atoms with Crippen molar-refractivity contribution < 1.29 is 33.4 Å². The molecule has 0 radical (unpaired) electrons. The minimum Gasteiger partial charge on any atom is -0.460 e. The van der Waals surface area contributed by atoms with Gasteiger partial charge in [-0.3, -0.25) is 29.8 Å². The third-order valence-corrected chi connectivity index (χ3v) is 4.08. The fraction of sp³-hybridized carbons (Fsp3) is 0.556. The topological polar surface area (TPSA) is 139 Å². The number of quaternary nitrogens is 1. The van der Waals surface area contributed by atoms with Crippen molar-refractivity contribution in [1.29, 1.82) is 0 Å². The van der Waals surface area contributed by atoms with Crippen molar-refractivity contribution in [2.45, 2.75) is 26.7 Å². The number of hydrogen-bond acceptors (Lipinski definition) is 8. The molecule has 0 aromatic heterocycles. The Morgan fingerprint density at radius 1 is 1.07 bits per heavy atom. The zero-order valence-corrected chi connectivity index (χ0v) is 17.2. The molecule has 0 bridgehead atoms. The Kier molecular flexibility index (Phi) is 7.78. The Morgan fingerprint density at radius 2 is 1.66 bits per heavy atom. The van der Waals surface area contributed by atoms with Crippen LogP contribution in [0.15, 0.2) is 18.2 Å². The molecule has 0 aliphatic carbocycles. The van der Waals surface area contributed by atoms with Gasteiger partial charge >= 0.3 is 23.3 Å². The smallest absolute Gasteiger partial charge is 0.349 e. The Bertz CT molecular complexity index is 799. The highest BCUT2D eigenvalue weighted by molar-refractivity contribution is 5.79. The van der Waals surface area contributed by atoms with Gasteiger partial charge < -0.3 is 14.0 Å². The van der Waals surface area contributed by atoms with Crippen LogP contribution in [0.3, 0.4) is 0 Å². The number of benzene rings is 1. The monoisotopic (exact) mass is 412 g/mol. The number of ether oxygens (including phenoxy) is 2. The van der Waals surface area contributed by atoms with Gasteiger partial charge in [-0.25, -0.2) is 0 Å². The molecule has 0 N–H and O–H groups in total. The largest absolute Gasteiger partial charge is 0.460 e. The number of hydrogen-bond donors (Lipinski definition) is 0. The molecule has 0 atom stereocenters. The Balaban J connectivity index is 2.70. The molecular weight excluding hydrogens is 386 g/mol. The van der Waals surface area contributed by atoms with E-state index in [4.69, 9.17) is 9.47 Å². The maximum atomic E-state index is 12.4. The van der Waals surface area contributed by atoms with Gasteiger partial charge in [-0.2, -0.15) is 0 Å². The van der Waals surface area contributed by atoms with Gasteiger partial charge in [-0.15, -0.1) is 0 Å². The minimum atomic E-state index is -1.07. The first kappa shape index (κ1) is 24.0. The summed E-state index contributed by atoms with van der Waals surface area (Å²) in [7, 11) is 5.90. The lowest BCUT2D eigenvalue weighted by Crippen LogP contribution is -2.38. The first-order valence-corrected chi connectivity index (χ1v) is 8.84. The number of rotatable bonds is 10. The third kappa shape index (κ3) is 7.82. The first-order valence-electron chi connectivity index (χ1n) is 8.84. The molecule has 0 spiro atoms. The summed E-state index contributed by atoms with van der Waals surface area (Å²) in [5.41, 5.74) is -2.56. The highest BCUT2D eigenvalue weighted by Crippen LogP contribution is 2.32. The average molecular weight is 412 g/mol. The zero-order chi connectivity index (χ0) is 22.4. The molecule has 11 nitrogen and oxygen atoms in total. The van der Waals surface area contributed by atoms with Gasteiger partial charge in [0.25, 0.3) is 0 Å². The Morgan fingerprint density at radius 3 is 2.17 bits per heavy atom. The van der Waals surface area contributed by atoms with Gasteiger partial charge in [0.1, 0.15) is 18.9 Å². The van der Waals surface area contributed by atoms with E-state index in [0.29, 0.717) is 11.0 Å². The fourth-order valence-electron chi connectivity index (χ4n) is 2.13. The van der Waals surface area contributed by atoms with E-state index in [1.54, 1.807) is 13.8 Å². The molecule has 0 amide bonds. The fourth-order valence-corrected chi connectivity index (χ4v) is 2.13. The number of nitro benzene ring substituents is 2. The van der Waals surface area contributed by atoms with Gasteiger partial charge in [0, 0.05) is 12.5 Å². The molecule has 0 fully saturated rings. The maximum absolute atomic E-state index is 12.4. The van der Waals surface area contributed by atoms with Gasteiger partial charge in [-0.1, -0.05) is 0 Å². The van der Waals surface area contributed by atoms with Crippen LogP contribution in [0.25, 0.3) is 0 Å². The van der Waals surface area contributed by atoms with E-state index in [0.717, 1.165) is 18.2 Å². The van der Waals surface area contributed by atoms with Gasteiger partial charge in [0.2, 0.25) is 0 Å². The predicted molar refractivity (Wildman–Crippen MR) is 102 cm³/mol. The second kappa shape index (κ2) is 9.41. The van der Waals surface area contributed by atoms with Crippen molar-refractivity contribution >= 4 is 23.3 Å². The molecule has 0 unspecified atom stereocenters. The number of nitrogens with zero attached hydrogens (tertiary/aromatic N) is 3. The molecule has 1 aromatic carbocycles. The number of carbonyl (C=O) groups excluding carboxylic acids is 2. The molecule has 160 valence electrons. The first-order chi connectivity index (χ1) is 13.2. The molecule has 1 rings (SSSR count). The van der Waals surface area contributed by atoms with E-state index < -0.39 is 38.6 Å². The van der Waals surface area contributed by atoms with Crippen molar-refractivity contribution in [3.8, 4) is 5.75 Å². The van der Waals surface area contributed by atoms with Gasteiger partial charge in [-0.05, 0) is 26.3 Å². The summed E-state index contributed by atoms with van der Waals surface area (Å²) in [5.74, 6) is -1.35. The van der Waals surface area contributed by atoms with Crippen LogP contribution < -0.4 is 4.74 Å². The average Bonchev–Trinajstić information content (AvgIpc) is 2.58. The van der Waals surface area contributed by atoms with Crippen LogP contribution in [0.4, 0.5) is 11.4 Å². The molecule has 1 aromatic rings. The second-order valence-electron chi connectivity index (χ2n) is 8.17. The van der Waals surface area contributed by atoms with Crippen LogP contribution in [0.2, 0.25) is 0 Å². The number of nitro groups is 2. The van der Waals surface area contributed by atoms with Crippen molar-refractivity contribution in [2.24, 2.45) is 5.41 Å². The molecule has 11 heteroatoms. The van der Waals surface area contributed by atoms with E-state index in [1.807, 2.05) is 21.1 Å². The van der Waals surface area contributed by atoms with Crippen LogP contribution >= 0.6 is 0 Å². The van der Waals surface area contributed by atoms with Crippen LogP contribution in [0.1, 0.15) is 26.7 Å². The van der Waals surface area contributed by atoms with Crippen molar-refractivity contribution in [1.82, 2.24) is 0 Å². The molecule has 0 aliphatic heterocycles. The number of carbonyl (C=O) groups is 2. The summed E-state index contributed by atoms with van der Waals surface area (Å²) in [6.07, 6.45) is 0.143. The van der Waals surface area contributed by atoms with E-state index in [1.165, 1.54) is 0 Å². The third-order valence-electron chi connectivity index (χ3n) is 4.08. The van der Waals surface area contributed by atoms with Crippen LogP contribution in [-0.4, -0.2) is 60.6 Å². The maximum Gasteiger partial charge on any atom is 0.349 e. The Labute approximate surface area is 168 Å². The van der Waals surface area contributed by atoms with Gasteiger partial charge in [0.05, 0.1) is 42.5 Å². The molecule has 0 aliphatic rings. The summed E-state index contributed by atoms with van der Waals surface area (Å²) in [4.78, 5) is 44.3. The molecule has 0 heterocycles. The van der Waals surface area contributed by atoms with Gasteiger partial charge in [0.15, 0.2) is 0 Å². The lowest BCUT2D eigenvalue weighted by molar-refractivity contribution is -0.870. The molecule has 0 saturated heterocycles. The summed E-state index contributed by atoms with van der Waals surface area (Å²) >= 11 is 0.